The van der Waals surface area contributed by atoms with Crippen molar-refractivity contribution in [1.82, 2.24) is 4.90 Å². The molecule has 2 amide bonds. The molecule has 2 N–H and O–H groups in total. The zero-order chi connectivity index (χ0) is 21.0. The van der Waals surface area contributed by atoms with Gasteiger partial charge in [-0.25, -0.2) is 0 Å². The first-order chi connectivity index (χ1) is 13.8. The second-order valence-electron chi connectivity index (χ2n) is 6.49. The van der Waals surface area contributed by atoms with Gasteiger partial charge in [-0.3, -0.25) is 19.3 Å². The van der Waals surface area contributed by atoms with Gasteiger partial charge < -0.3 is 10.4 Å². The van der Waals surface area contributed by atoms with Crippen LogP contribution in [0.15, 0.2) is 53.4 Å². The summed E-state index contributed by atoms with van der Waals surface area (Å²) < 4.78 is 0.334. The van der Waals surface area contributed by atoms with Gasteiger partial charge in [0, 0.05) is 5.69 Å². The minimum absolute atomic E-state index is 0.0852. The van der Waals surface area contributed by atoms with Gasteiger partial charge in [0.1, 0.15) is 10.9 Å². The Kier molecular flexibility index (Phi) is 6.46. The number of hydrogen-bond acceptors (Lipinski definition) is 5. The van der Waals surface area contributed by atoms with Gasteiger partial charge in [-0.15, -0.1) is 0 Å². The summed E-state index contributed by atoms with van der Waals surface area (Å²) >= 11 is 6.43. The monoisotopic (exact) mass is 426 g/mol. The van der Waals surface area contributed by atoms with Gasteiger partial charge in [-0.1, -0.05) is 65.9 Å². The standard InChI is InChI=1S/C21H18N2O4S2/c1-13-2-4-14(5-3-13)10-17-20(27)23(21(28)29-17)12-18(24)22-16-8-6-15(7-9-16)11-19(25)26/h2-10H,11-12H2,1H3,(H,22,24)(H,25,26)/b17-10-. The molecular weight excluding hydrogens is 408 g/mol. The number of nitrogens with zero attached hydrogens (tertiary/aromatic N) is 1. The lowest BCUT2D eigenvalue weighted by molar-refractivity contribution is -0.136. The Morgan fingerprint density at radius 1 is 1.14 bits per heavy atom. The van der Waals surface area contributed by atoms with E-state index in [1.807, 2.05) is 31.2 Å². The van der Waals surface area contributed by atoms with Crippen molar-refractivity contribution in [1.29, 1.82) is 0 Å². The molecule has 3 rings (SSSR count). The number of anilines is 1. The zero-order valence-corrected chi connectivity index (χ0v) is 17.2. The van der Waals surface area contributed by atoms with Crippen LogP contribution >= 0.6 is 24.0 Å². The molecule has 0 unspecified atom stereocenters. The third-order valence-corrected chi connectivity index (χ3v) is 5.52. The van der Waals surface area contributed by atoms with Crippen LogP contribution in [0.4, 0.5) is 5.69 Å². The quantitative estimate of drug-likeness (QED) is 0.543. The van der Waals surface area contributed by atoms with Crippen molar-refractivity contribution >= 4 is 57.8 Å². The van der Waals surface area contributed by atoms with E-state index in [1.165, 1.54) is 16.7 Å². The highest BCUT2D eigenvalue weighted by Gasteiger charge is 2.33. The summed E-state index contributed by atoms with van der Waals surface area (Å²) in [5.41, 5.74) is 3.17. The summed E-state index contributed by atoms with van der Waals surface area (Å²) in [6, 6.07) is 14.3. The summed E-state index contributed by atoms with van der Waals surface area (Å²) in [5, 5.41) is 11.5. The van der Waals surface area contributed by atoms with Crippen molar-refractivity contribution in [2.75, 3.05) is 11.9 Å². The van der Waals surface area contributed by atoms with Crippen LogP contribution in [0, 0.1) is 6.92 Å². The summed E-state index contributed by atoms with van der Waals surface area (Å²) in [5.74, 6) is -1.61. The number of thioether (sulfide) groups is 1. The molecule has 6 nitrogen and oxygen atoms in total. The molecule has 0 aliphatic carbocycles. The van der Waals surface area contributed by atoms with Crippen molar-refractivity contribution < 1.29 is 19.5 Å². The molecule has 1 fully saturated rings. The summed E-state index contributed by atoms with van der Waals surface area (Å²) in [4.78, 5) is 37.4. The third kappa shape index (κ3) is 5.52. The van der Waals surface area contributed by atoms with Crippen LogP contribution in [0.3, 0.4) is 0 Å². The lowest BCUT2D eigenvalue weighted by Gasteiger charge is -2.14. The summed E-state index contributed by atoms with van der Waals surface area (Å²) in [7, 11) is 0. The highest BCUT2D eigenvalue weighted by molar-refractivity contribution is 8.26. The number of carbonyl (C=O) groups excluding carboxylic acids is 2. The van der Waals surface area contributed by atoms with Crippen LogP contribution in [-0.2, 0) is 20.8 Å². The Bertz CT molecular complexity index is 998. The lowest BCUT2D eigenvalue weighted by atomic mass is 10.1. The largest absolute Gasteiger partial charge is 0.481 e. The first-order valence-electron chi connectivity index (χ1n) is 8.74. The van der Waals surface area contributed by atoms with E-state index < -0.39 is 5.97 Å². The molecule has 29 heavy (non-hydrogen) atoms. The molecule has 148 valence electrons. The molecule has 0 bridgehead atoms. The van der Waals surface area contributed by atoms with E-state index in [-0.39, 0.29) is 24.8 Å². The van der Waals surface area contributed by atoms with Gasteiger partial charge in [-0.05, 0) is 36.3 Å². The maximum Gasteiger partial charge on any atom is 0.307 e. The predicted octanol–water partition coefficient (Wildman–Crippen LogP) is 3.46. The molecule has 0 atom stereocenters. The normalized spacial score (nSPS) is 15.1. The van der Waals surface area contributed by atoms with E-state index in [1.54, 1.807) is 30.3 Å². The number of nitrogens with one attached hydrogen (secondary N) is 1. The third-order valence-electron chi connectivity index (χ3n) is 4.14. The first-order valence-corrected chi connectivity index (χ1v) is 9.97. The molecular formula is C21H18N2O4S2. The van der Waals surface area contributed by atoms with Crippen LogP contribution in [0.25, 0.3) is 6.08 Å². The number of aryl methyl sites for hydroxylation is 1. The molecule has 8 heteroatoms. The number of hydrogen-bond donors (Lipinski definition) is 2. The Labute approximate surface area is 177 Å². The molecule has 0 aromatic heterocycles. The number of benzene rings is 2. The first kappa shape index (κ1) is 20.8. The number of rotatable bonds is 6. The smallest absolute Gasteiger partial charge is 0.307 e. The van der Waals surface area contributed by atoms with E-state index in [9.17, 15) is 14.4 Å². The molecule has 0 saturated carbocycles. The molecule has 1 aliphatic heterocycles. The average Bonchev–Trinajstić information content (AvgIpc) is 2.92. The SMILES string of the molecule is Cc1ccc(/C=C2\SC(=S)N(CC(=O)Nc3ccc(CC(=O)O)cc3)C2=O)cc1. The van der Waals surface area contributed by atoms with Gasteiger partial charge >= 0.3 is 5.97 Å². The fourth-order valence-corrected chi connectivity index (χ4v) is 3.93. The predicted molar refractivity (Wildman–Crippen MR) is 117 cm³/mol. The van der Waals surface area contributed by atoms with Crippen LogP contribution < -0.4 is 5.32 Å². The second-order valence-corrected chi connectivity index (χ2v) is 8.17. The fourth-order valence-electron chi connectivity index (χ4n) is 2.68. The molecule has 2 aromatic carbocycles. The van der Waals surface area contributed by atoms with Crippen LogP contribution in [0.2, 0.25) is 0 Å². The van der Waals surface area contributed by atoms with E-state index >= 15 is 0 Å². The van der Waals surface area contributed by atoms with Gasteiger partial charge in [0.2, 0.25) is 5.91 Å². The minimum atomic E-state index is -0.921. The van der Waals surface area contributed by atoms with Crippen molar-refractivity contribution in [2.45, 2.75) is 13.3 Å². The maximum atomic E-state index is 12.6. The molecule has 1 heterocycles. The van der Waals surface area contributed by atoms with Crippen LogP contribution in [-0.4, -0.2) is 38.7 Å². The Morgan fingerprint density at radius 2 is 1.79 bits per heavy atom. The summed E-state index contributed by atoms with van der Waals surface area (Å²) in [6.45, 7) is 1.80. The van der Waals surface area contributed by atoms with E-state index in [0.717, 1.165) is 11.1 Å². The number of carboxylic acids is 1. The second kappa shape index (κ2) is 9.02. The van der Waals surface area contributed by atoms with E-state index in [2.05, 4.69) is 5.32 Å². The maximum absolute atomic E-state index is 12.6. The van der Waals surface area contributed by atoms with Gasteiger partial charge in [0.25, 0.3) is 5.91 Å². The molecule has 1 saturated heterocycles. The van der Waals surface area contributed by atoms with Gasteiger partial charge in [0.15, 0.2) is 0 Å². The van der Waals surface area contributed by atoms with Crippen molar-refractivity contribution in [3.63, 3.8) is 0 Å². The van der Waals surface area contributed by atoms with Gasteiger partial charge in [0.05, 0.1) is 11.3 Å². The number of carbonyl (C=O) groups is 3. The molecule has 0 radical (unpaired) electrons. The molecule has 0 spiro atoms. The number of thiocarbonyl (C=S) groups is 1. The highest BCUT2D eigenvalue weighted by Crippen LogP contribution is 2.32. The Hall–Kier alpha value is -2.97. The minimum Gasteiger partial charge on any atom is -0.481 e. The fraction of sp³-hybridized carbons (Fsp3) is 0.143. The van der Waals surface area contributed by atoms with Crippen molar-refractivity contribution in [3.8, 4) is 0 Å². The van der Waals surface area contributed by atoms with Crippen LogP contribution in [0.1, 0.15) is 16.7 Å². The Balaban J connectivity index is 1.62. The van der Waals surface area contributed by atoms with Crippen molar-refractivity contribution in [3.05, 3.63) is 70.1 Å². The van der Waals surface area contributed by atoms with E-state index in [4.69, 9.17) is 17.3 Å². The molecule has 1 aliphatic rings. The number of carboxylic acid groups (broad SMARTS) is 1. The zero-order valence-electron chi connectivity index (χ0n) is 15.5. The average molecular weight is 427 g/mol. The summed E-state index contributed by atoms with van der Waals surface area (Å²) in [6.07, 6.45) is 1.68. The van der Waals surface area contributed by atoms with E-state index in [0.29, 0.717) is 20.5 Å². The highest BCUT2D eigenvalue weighted by atomic mass is 32.2. The topological polar surface area (TPSA) is 86.7 Å². The number of aliphatic carboxylic acids is 1. The molecule has 2 aromatic rings. The Morgan fingerprint density at radius 3 is 2.41 bits per heavy atom. The lowest BCUT2D eigenvalue weighted by Crippen LogP contribution is -2.36. The van der Waals surface area contributed by atoms with Crippen LogP contribution in [0.5, 0.6) is 0 Å². The number of amides is 2. The van der Waals surface area contributed by atoms with Crippen molar-refractivity contribution in [2.24, 2.45) is 0 Å². The van der Waals surface area contributed by atoms with Gasteiger partial charge in [-0.2, -0.15) is 0 Å².